The molecular weight excluding hydrogens is 280 g/mol. The molecule has 0 saturated carbocycles. The van der Waals surface area contributed by atoms with Crippen LogP contribution < -0.4 is 10.6 Å². The SMILES string of the molecule is NC(=O)C1=Cc2ncccc2N(CC(=O)N2CCCCC2)C1. The Morgan fingerprint density at radius 3 is 2.73 bits per heavy atom. The minimum absolute atomic E-state index is 0.0974. The molecule has 116 valence electrons. The molecule has 2 amide bonds. The van der Waals surface area contributed by atoms with E-state index in [1.54, 1.807) is 12.3 Å². The van der Waals surface area contributed by atoms with Gasteiger partial charge in [0.1, 0.15) is 0 Å². The number of hydrogen-bond acceptors (Lipinski definition) is 4. The highest BCUT2D eigenvalue weighted by Crippen LogP contribution is 2.26. The molecular formula is C16H20N4O2. The zero-order chi connectivity index (χ0) is 15.5. The third-order valence-corrected chi connectivity index (χ3v) is 4.18. The molecule has 0 atom stereocenters. The monoisotopic (exact) mass is 300 g/mol. The first kappa shape index (κ1) is 14.6. The fourth-order valence-corrected chi connectivity index (χ4v) is 2.99. The third kappa shape index (κ3) is 2.95. The minimum atomic E-state index is -0.466. The molecule has 3 heterocycles. The van der Waals surface area contributed by atoms with Crippen LogP contribution in [0, 0.1) is 0 Å². The van der Waals surface area contributed by atoms with Gasteiger partial charge >= 0.3 is 0 Å². The summed E-state index contributed by atoms with van der Waals surface area (Å²) >= 11 is 0. The van der Waals surface area contributed by atoms with Crippen LogP contribution in [0.5, 0.6) is 0 Å². The van der Waals surface area contributed by atoms with Crippen LogP contribution in [0.15, 0.2) is 23.9 Å². The Hall–Kier alpha value is -2.37. The summed E-state index contributed by atoms with van der Waals surface area (Å²) in [5, 5.41) is 0. The van der Waals surface area contributed by atoms with Crippen molar-refractivity contribution in [3.05, 3.63) is 29.6 Å². The minimum Gasteiger partial charge on any atom is -0.366 e. The largest absolute Gasteiger partial charge is 0.366 e. The van der Waals surface area contributed by atoms with Gasteiger partial charge in [-0.25, -0.2) is 0 Å². The molecule has 2 N–H and O–H groups in total. The molecule has 0 bridgehead atoms. The summed E-state index contributed by atoms with van der Waals surface area (Å²) in [6, 6.07) is 3.75. The van der Waals surface area contributed by atoms with Gasteiger partial charge in [0.15, 0.2) is 0 Å². The fraction of sp³-hybridized carbons (Fsp3) is 0.438. The summed E-state index contributed by atoms with van der Waals surface area (Å²) in [6.07, 6.45) is 6.70. The van der Waals surface area contributed by atoms with E-state index < -0.39 is 5.91 Å². The second-order valence-corrected chi connectivity index (χ2v) is 5.74. The van der Waals surface area contributed by atoms with Gasteiger partial charge in [-0.3, -0.25) is 14.6 Å². The van der Waals surface area contributed by atoms with Crippen LogP contribution in [0.3, 0.4) is 0 Å². The first-order valence-corrected chi connectivity index (χ1v) is 7.63. The van der Waals surface area contributed by atoms with Crippen LogP contribution in [-0.2, 0) is 9.59 Å². The van der Waals surface area contributed by atoms with Gasteiger partial charge in [0.2, 0.25) is 11.8 Å². The number of hydrogen-bond donors (Lipinski definition) is 1. The lowest BCUT2D eigenvalue weighted by atomic mass is 10.1. The van der Waals surface area contributed by atoms with Crippen LogP contribution in [0.1, 0.15) is 25.0 Å². The van der Waals surface area contributed by atoms with Crippen molar-refractivity contribution in [2.45, 2.75) is 19.3 Å². The summed E-state index contributed by atoms with van der Waals surface area (Å²) in [7, 11) is 0. The van der Waals surface area contributed by atoms with E-state index in [0.717, 1.165) is 31.6 Å². The number of likely N-dealkylation sites (tertiary alicyclic amines) is 1. The Morgan fingerprint density at radius 1 is 1.23 bits per heavy atom. The Labute approximate surface area is 129 Å². The highest BCUT2D eigenvalue weighted by Gasteiger charge is 2.25. The molecule has 6 heteroatoms. The number of anilines is 1. The van der Waals surface area contributed by atoms with Crippen LogP contribution in [-0.4, -0.2) is 47.9 Å². The quantitative estimate of drug-likeness (QED) is 0.895. The maximum atomic E-state index is 12.5. The summed E-state index contributed by atoms with van der Waals surface area (Å²) < 4.78 is 0. The molecule has 1 aromatic heterocycles. The van der Waals surface area contributed by atoms with Gasteiger partial charge in [0.25, 0.3) is 0 Å². The van der Waals surface area contributed by atoms with E-state index in [1.807, 2.05) is 21.9 Å². The first-order chi connectivity index (χ1) is 10.6. The van der Waals surface area contributed by atoms with Gasteiger partial charge in [-0.15, -0.1) is 0 Å². The molecule has 2 aliphatic rings. The molecule has 0 aromatic carbocycles. The van der Waals surface area contributed by atoms with Crippen molar-refractivity contribution in [3.63, 3.8) is 0 Å². The molecule has 1 fully saturated rings. The molecule has 0 unspecified atom stereocenters. The zero-order valence-electron chi connectivity index (χ0n) is 12.5. The smallest absolute Gasteiger partial charge is 0.246 e. The number of carbonyl (C=O) groups excluding carboxylic acids is 2. The van der Waals surface area contributed by atoms with E-state index in [-0.39, 0.29) is 12.5 Å². The lowest BCUT2D eigenvalue weighted by Gasteiger charge is -2.33. The fourth-order valence-electron chi connectivity index (χ4n) is 2.99. The third-order valence-electron chi connectivity index (χ3n) is 4.18. The molecule has 0 radical (unpaired) electrons. The van der Waals surface area contributed by atoms with Crippen molar-refractivity contribution in [2.75, 3.05) is 31.1 Å². The predicted molar refractivity (Wildman–Crippen MR) is 84.1 cm³/mol. The van der Waals surface area contributed by atoms with E-state index in [0.29, 0.717) is 17.8 Å². The Kier molecular flexibility index (Phi) is 4.09. The molecule has 22 heavy (non-hydrogen) atoms. The van der Waals surface area contributed by atoms with Crippen molar-refractivity contribution in [1.82, 2.24) is 9.88 Å². The number of nitrogens with zero attached hydrogens (tertiary/aromatic N) is 3. The summed E-state index contributed by atoms with van der Waals surface area (Å²) in [5.41, 5.74) is 7.45. The Morgan fingerprint density at radius 2 is 2.00 bits per heavy atom. The van der Waals surface area contributed by atoms with Crippen LogP contribution in [0.25, 0.3) is 6.08 Å². The number of fused-ring (bicyclic) bond motifs is 1. The number of amides is 2. The number of rotatable bonds is 3. The van der Waals surface area contributed by atoms with Crippen molar-refractivity contribution >= 4 is 23.6 Å². The van der Waals surface area contributed by atoms with Crippen molar-refractivity contribution < 1.29 is 9.59 Å². The number of primary amides is 1. The lowest BCUT2D eigenvalue weighted by molar-refractivity contribution is -0.130. The van der Waals surface area contributed by atoms with Gasteiger partial charge in [0, 0.05) is 31.4 Å². The predicted octanol–water partition coefficient (Wildman–Crippen LogP) is 0.783. The summed E-state index contributed by atoms with van der Waals surface area (Å²) in [4.78, 5) is 32.0. The highest BCUT2D eigenvalue weighted by atomic mass is 16.2. The molecule has 1 saturated heterocycles. The number of piperidine rings is 1. The number of nitrogens with two attached hydrogens (primary N) is 1. The highest BCUT2D eigenvalue weighted by molar-refractivity contribution is 6.00. The first-order valence-electron chi connectivity index (χ1n) is 7.63. The number of carbonyl (C=O) groups is 2. The molecule has 0 aliphatic carbocycles. The Bertz CT molecular complexity index is 620. The van der Waals surface area contributed by atoms with Crippen LogP contribution in [0.4, 0.5) is 5.69 Å². The topological polar surface area (TPSA) is 79.5 Å². The van der Waals surface area contributed by atoms with Gasteiger partial charge in [0.05, 0.1) is 17.9 Å². The number of pyridine rings is 1. The van der Waals surface area contributed by atoms with Gasteiger partial charge in [-0.05, 0) is 37.5 Å². The maximum Gasteiger partial charge on any atom is 0.246 e. The second kappa shape index (κ2) is 6.17. The molecule has 1 aromatic rings. The standard InChI is InChI=1S/C16H20N4O2/c17-16(22)12-9-13-14(5-4-6-18-13)20(10-12)11-15(21)19-7-2-1-3-8-19/h4-6,9H,1-3,7-8,10-11H2,(H2,17,22). The summed E-state index contributed by atoms with van der Waals surface area (Å²) in [5.74, 6) is -0.369. The van der Waals surface area contributed by atoms with Crippen molar-refractivity contribution in [1.29, 1.82) is 0 Å². The molecule has 6 nitrogen and oxygen atoms in total. The maximum absolute atomic E-state index is 12.5. The van der Waals surface area contributed by atoms with Gasteiger partial charge < -0.3 is 15.5 Å². The van der Waals surface area contributed by atoms with Crippen molar-refractivity contribution in [2.24, 2.45) is 5.73 Å². The lowest BCUT2D eigenvalue weighted by Crippen LogP contribution is -2.45. The van der Waals surface area contributed by atoms with E-state index in [2.05, 4.69) is 4.98 Å². The average molecular weight is 300 g/mol. The average Bonchev–Trinajstić information content (AvgIpc) is 2.55. The molecule has 0 spiro atoms. The van der Waals surface area contributed by atoms with Crippen molar-refractivity contribution in [3.8, 4) is 0 Å². The van der Waals surface area contributed by atoms with Crippen LogP contribution in [0.2, 0.25) is 0 Å². The molecule has 3 rings (SSSR count). The normalized spacial score (nSPS) is 17.7. The second-order valence-electron chi connectivity index (χ2n) is 5.74. The van der Waals surface area contributed by atoms with E-state index in [9.17, 15) is 9.59 Å². The number of aromatic nitrogens is 1. The van der Waals surface area contributed by atoms with Gasteiger partial charge in [-0.1, -0.05) is 0 Å². The van der Waals surface area contributed by atoms with E-state index in [1.165, 1.54) is 6.42 Å². The Balaban J connectivity index is 1.79. The van der Waals surface area contributed by atoms with Crippen LogP contribution >= 0.6 is 0 Å². The zero-order valence-corrected chi connectivity index (χ0v) is 12.5. The van der Waals surface area contributed by atoms with Gasteiger partial charge in [-0.2, -0.15) is 0 Å². The molecule has 2 aliphatic heterocycles. The van der Waals surface area contributed by atoms with E-state index in [4.69, 9.17) is 5.73 Å². The summed E-state index contributed by atoms with van der Waals surface area (Å²) in [6.45, 7) is 2.26. The van der Waals surface area contributed by atoms with E-state index >= 15 is 0 Å².